The van der Waals surface area contributed by atoms with Crippen molar-refractivity contribution in [2.45, 2.75) is 19.3 Å². The number of phenols is 1. The number of allylic oxidation sites excluding steroid dienone is 2. The zero-order valence-corrected chi connectivity index (χ0v) is 14.7. The van der Waals surface area contributed by atoms with Crippen molar-refractivity contribution < 1.29 is 9.90 Å². The van der Waals surface area contributed by atoms with Gasteiger partial charge in [0.15, 0.2) is 5.78 Å². The summed E-state index contributed by atoms with van der Waals surface area (Å²) in [7, 11) is 4.02. The van der Waals surface area contributed by atoms with Crippen LogP contribution in [0.4, 0.5) is 5.69 Å². The normalized spacial score (nSPS) is 17.9. The minimum Gasteiger partial charge on any atom is -0.508 e. The van der Waals surface area contributed by atoms with Crippen LogP contribution in [0.2, 0.25) is 0 Å². The summed E-state index contributed by atoms with van der Waals surface area (Å²) in [6.07, 6.45) is 6.45. The lowest BCUT2D eigenvalue weighted by Gasteiger charge is -2.17. The fraction of sp³-hybridized carbons (Fsp3) is 0.227. The molecule has 128 valence electrons. The molecule has 0 spiro atoms. The molecular formula is C22H23NO2. The van der Waals surface area contributed by atoms with Gasteiger partial charge in [-0.25, -0.2) is 0 Å². The van der Waals surface area contributed by atoms with Gasteiger partial charge in [0.2, 0.25) is 0 Å². The van der Waals surface area contributed by atoms with E-state index in [0.29, 0.717) is 0 Å². The highest BCUT2D eigenvalue weighted by Crippen LogP contribution is 2.28. The van der Waals surface area contributed by atoms with Crippen LogP contribution < -0.4 is 4.90 Å². The largest absolute Gasteiger partial charge is 0.508 e. The fourth-order valence-corrected chi connectivity index (χ4v) is 3.06. The Morgan fingerprint density at radius 3 is 2.16 bits per heavy atom. The molecule has 3 rings (SSSR count). The zero-order chi connectivity index (χ0) is 17.8. The highest BCUT2D eigenvalue weighted by Gasteiger charge is 2.20. The molecule has 3 heteroatoms. The third-order valence-corrected chi connectivity index (χ3v) is 4.44. The number of rotatable bonds is 3. The Labute approximate surface area is 148 Å². The van der Waals surface area contributed by atoms with Crippen LogP contribution in [0.1, 0.15) is 30.4 Å². The van der Waals surface area contributed by atoms with Crippen LogP contribution in [0.5, 0.6) is 5.75 Å². The molecule has 0 heterocycles. The van der Waals surface area contributed by atoms with E-state index in [1.165, 1.54) is 0 Å². The smallest absolute Gasteiger partial charge is 0.185 e. The Morgan fingerprint density at radius 2 is 1.56 bits per heavy atom. The van der Waals surface area contributed by atoms with Crippen LogP contribution in [-0.2, 0) is 4.79 Å². The highest BCUT2D eigenvalue weighted by atomic mass is 16.3. The first-order chi connectivity index (χ1) is 12.0. The number of phenolic OH excluding ortho intramolecular Hbond substituents is 1. The van der Waals surface area contributed by atoms with E-state index < -0.39 is 0 Å². The second kappa shape index (κ2) is 7.39. The van der Waals surface area contributed by atoms with Crippen molar-refractivity contribution in [3.05, 3.63) is 70.8 Å². The fourth-order valence-electron chi connectivity index (χ4n) is 3.06. The number of hydrogen-bond donors (Lipinski definition) is 1. The van der Waals surface area contributed by atoms with Gasteiger partial charge in [-0.2, -0.15) is 0 Å². The molecule has 1 saturated carbocycles. The number of hydrogen-bond acceptors (Lipinski definition) is 3. The Bertz CT molecular complexity index is 829. The van der Waals surface area contributed by atoms with Crippen molar-refractivity contribution in [2.75, 3.05) is 19.0 Å². The molecule has 3 nitrogen and oxygen atoms in total. The number of anilines is 1. The van der Waals surface area contributed by atoms with E-state index >= 15 is 0 Å². The van der Waals surface area contributed by atoms with E-state index in [-0.39, 0.29) is 11.5 Å². The summed E-state index contributed by atoms with van der Waals surface area (Å²) >= 11 is 0. The number of benzene rings is 2. The lowest BCUT2D eigenvalue weighted by atomic mass is 9.87. The molecule has 1 aliphatic carbocycles. The number of carbonyl (C=O) groups is 1. The Hall–Kier alpha value is -2.81. The van der Waals surface area contributed by atoms with Gasteiger partial charge in [-0.1, -0.05) is 24.3 Å². The summed E-state index contributed by atoms with van der Waals surface area (Å²) < 4.78 is 0. The maximum absolute atomic E-state index is 12.8. The van der Waals surface area contributed by atoms with Crippen LogP contribution in [0.25, 0.3) is 12.2 Å². The second-order valence-corrected chi connectivity index (χ2v) is 6.60. The molecule has 0 radical (unpaired) electrons. The summed E-state index contributed by atoms with van der Waals surface area (Å²) in [5, 5.41) is 9.59. The SMILES string of the molecule is CN(C)c1ccc(/C=C2\CCC/C(=C\c3cccc(O)c3)C2=O)cc1. The Kier molecular flexibility index (Phi) is 5.03. The molecule has 0 aliphatic heterocycles. The van der Waals surface area contributed by atoms with E-state index in [2.05, 4.69) is 17.0 Å². The summed E-state index contributed by atoms with van der Waals surface area (Å²) in [6.45, 7) is 0. The van der Waals surface area contributed by atoms with Crippen LogP contribution >= 0.6 is 0 Å². The quantitative estimate of drug-likeness (QED) is 0.829. The average molecular weight is 333 g/mol. The summed E-state index contributed by atoms with van der Waals surface area (Å²) in [6, 6.07) is 15.2. The van der Waals surface area contributed by atoms with Gasteiger partial charge in [0, 0.05) is 30.9 Å². The van der Waals surface area contributed by atoms with Crippen LogP contribution in [-0.4, -0.2) is 25.0 Å². The molecule has 0 unspecified atom stereocenters. The second-order valence-electron chi connectivity index (χ2n) is 6.60. The van der Waals surface area contributed by atoms with Crippen molar-refractivity contribution >= 4 is 23.6 Å². The van der Waals surface area contributed by atoms with E-state index in [1.807, 2.05) is 44.4 Å². The number of carbonyl (C=O) groups excluding carboxylic acids is 1. The number of ketones is 1. The van der Waals surface area contributed by atoms with Gasteiger partial charge in [-0.05, 0) is 66.8 Å². The lowest BCUT2D eigenvalue weighted by Crippen LogP contribution is -2.12. The van der Waals surface area contributed by atoms with Crippen molar-refractivity contribution in [1.29, 1.82) is 0 Å². The molecule has 0 atom stereocenters. The molecule has 1 fully saturated rings. The van der Waals surface area contributed by atoms with Gasteiger partial charge in [0.05, 0.1) is 0 Å². The third-order valence-electron chi connectivity index (χ3n) is 4.44. The minimum atomic E-state index is 0.117. The van der Waals surface area contributed by atoms with Gasteiger partial charge in [0.1, 0.15) is 5.75 Å². The van der Waals surface area contributed by atoms with E-state index in [0.717, 1.165) is 47.2 Å². The van der Waals surface area contributed by atoms with E-state index in [1.54, 1.807) is 18.2 Å². The number of nitrogens with zero attached hydrogens (tertiary/aromatic N) is 1. The summed E-state index contributed by atoms with van der Waals surface area (Å²) in [5.41, 5.74) is 4.72. The van der Waals surface area contributed by atoms with Crippen LogP contribution in [0, 0.1) is 0 Å². The molecule has 0 saturated heterocycles. The van der Waals surface area contributed by atoms with Gasteiger partial charge < -0.3 is 10.0 Å². The predicted octanol–water partition coefficient (Wildman–Crippen LogP) is 4.68. The third kappa shape index (κ3) is 4.18. The van der Waals surface area contributed by atoms with E-state index in [4.69, 9.17) is 0 Å². The van der Waals surface area contributed by atoms with Gasteiger partial charge in [-0.3, -0.25) is 4.79 Å². The molecule has 25 heavy (non-hydrogen) atoms. The molecule has 0 bridgehead atoms. The van der Waals surface area contributed by atoms with E-state index in [9.17, 15) is 9.90 Å². The standard InChI is InChI=1S/C22H23NO2/c1-23(2)20-11-9-16(10-12-20)13-18-6-4-7-19(22(18)25)14-17-5-3-8-21(24)15-17/h3,5,8-15,24H,4,6-7H2,1-2H3/b18-13+,19-14+. The molecule has 0 aromatic heterocycles. The van der Waals surface area contributed by atoms with Crippen molar-refractivity contribution in [2.24, 2.45) is 0 Å². The summed E-state index contributed by atoms with van der Waals surface area (Å²) in [5.74, 6) is 0.334. The van der Waals surface area contributed by atoms with Crippen LogP contribution in [0.15, 0.2) is 59.7 Å². The topological polar surface area (TPSA) is 40.5 Å². The highest BCUT2D eigenvalue weighted by molar-refractivity contribution is 6.14. The molecular weight excluding hydrogens is 310 g/mol. The molecule has 1 aliphatic rings. The maximum atomic E-state index is 12.8. The average Bonchev–Trinajstić information content (AvgIpc) is 2.59. The number of Topliss-reactive ketones (excluding diaryl/α,β-unsaturated/α-hetero) is 1. The molecule has 2 aromatic carbocycles. The number of aromatic hydroxyl groups is 1. The van der Waals surface area contributed by atoms with Crippen molar-refractivity contribution in [3.8, 4) is 5.75 Å². The molecule has 0 amide bonds. The van der Waals surface area contributed by atoms with Gasteiger partial charge in [0.25, 0.3) is 0 Å². The summed E-state index contributed by atoms with van der Waals surface area (Å²) in [4.78, 5) is 14.8. The maximum Gasteiger partial charge on any atom is 0.185 e. The minimum absolute atomic E-state index is 0.117. The zero-order valence-electron chi connectivity index (χ0n) is 14.7. The lowest BCUT2D eigenvalue weighted by molar-refractivity contribution is -0.112. The molecule has 1 N–H and O–H groups in total. The predicted molar refractivity (Wildman–Crippen MR) is 104 cm³/mol. The molecule has 2 aromatic rings. The van der Waals surface area contributed by atoms with Gasteiger partial charge >= 0.3 is 0 Å². The first-order valence-electron chi connectivity index (χ1n) is 8.55. The monoisotopic (exact) mass is 333 g/mol. The van der Waals surface area contributed by atoms with Gasteiger partial charge in [-0.15, -0.1) is 0 Å². The first kappa shape index (κ1) is 17.0. The van der Waals surface area contributed by atoms with Crippen LogP contribution in [0.3, 0.4) is 0 Å². The Morgan fingerprint density at radius 1 is 0.920 bits per heavy atom. The Balaban J connectivity index is 1.84. The van der Waals surface area contributed by atoms with Crippen molar-refractivity contribution in [1.82, 2.24) is 0 Å². The first-order valence-corrected chi connectivity index (χ1v) is 8.55. The van der Waals surface area contributed by atoms with Crippen molar-refractivity contribution in [3.63, 3.8) is 0 Å².